The second-order valence-corrected chi connectivity index (χ2v) is 19.4. The minimum absolute atomic E-state index is 0.00193. The molecule has 2 aliphatic carbocycles. The minimum atomic E-state index is -5.41. The normalized spacial score (nSPS) is 27.0. The summed E-state index contributed by atoms with van der Waals surface area (Å²) in [6, 6.07) is -0.155. The predicted molar refractivity (Wildman–Crippen MR) is 226 cm³/mol. The van der Waals surface area contributed by atoms with Crippen LogP contribution in [-0.4, -0.2) is 137 Å². The molecule has 4 N–H and O–H groups in total. The van der Waals surface area contributed by atoms with E-state index in [2.05, 4.69) is 21.3 Å². The average Bonchev–Trinajstić information content (AvgIpc) is 3.97. The van der Waals surface area contributed by atoms with Gasteiger partial charge >= 0.3 is 6.18 Å². The van der Waals surface area contributed by atoms with Crippen molar-refractivity contribution in [3.8, 4) is 0 Å². The molecule has 7 amide bonds. The second-order valence-electron chi connectivity index (χ2n) is 18.9. The molecule has 2 saturated carbocycles. The fraction of sp³-hybridized carbons (Fsp3) is 0.705. The number of amides is 7. The lowest BCUT2D eigenvalue weighted by Gasteiger charge is -2.48. The third-order valence-electron chi connectivity index (χ3n) is 12.8. The van der Waals surface area contributed by atoms with Gasteiger partial charge in [0.25, 0.3) is 5.92 Å². The van der Waals surface area contributed by atoms with Gasteiger partial charge in [-0.2, -0.15) is 13.2 Å². The molecule has 0 radical (unpaired) electrons. The fourth-order valence-electron chi connectivity index (χ4n) is 9.03. The molecule has 4 aliphatic rings. The summed E-state index contributed by atoms with van der Waals surface area (Å²) in [7, 11) is 1.31. The summed E-state index contributed by atoms with van der Waals surface area (Å²) in [5, 5.41) is 11.3. The fourth-order valence-corrected chi connectivity index (χ4v) is 9.24. The summed E-state index contributed by atoms with van der Waals surface area (Å²) < 4.78 is 85.2. The van der Waals surface area contributed by atoms with Crippen LogP contribution in [-0.2, 0) is 40.0 Å². The molecule has 6 atom stereocenters. The van der Waals surface area contributed by atoms with E-state index in [0.29, 0.717) is 34.7 Å². The number of carbonyl (C=O) groups excluding carboxylic acids is 7. The highest BCUT2D eigenvalue weighted by molar-refractivity contribution is 6.30. The van der Waals surface area contributed by atoms with Gasteiger partial charge in [-0.05, 0) is 88.8 Å². The van der Waals surface area contributed by atoms with Crippen molar-refractivity contribution in [3.05, 3.63) is 34.9 Å². The van der Waals surface area contributed by atoms with Crippen molar-refractivity contribution in [1.29, 1.82) is 0 Å². The van der Waals surface area contributed by atoms with E-state index >= 15 is 0 Å². The summed E-state index contributed by atoms with van der Waals surface area (Å²) in [5.74, 6) is -10.7. The molecular formula is C44H60ClF6N7O7. The van der Waals surface area contributed by atoms with Crippen molar-refractivity contribution in [1.82, 2.24) is 36.0 Å². The number of likely N-dealkylation sites (tertiary alicyclic amines) is 1. The van der Waals surface area contributed by atoms with Crippen LogP contribution >= 0.6 is 11.6 Å². The topological polar surface area (TPSA) is 177 Å². The van der Waals surface area contributed by atoms with Gasteiger partial charge in [0, 0.05) is 50.8 Å². The van der Waals surface area contributed by atoms with E-state index < -0.39 is 133 Å². The number of hydrogen-bond acceptors (Lipinski definition) is 7. The van der Waals surface area contributed by atoms with E-state index in [1.165, 1.54) is 25.8 Å². The summed E-state index contributed by atoms with van der Waals surface area (Å²) in [6.07, 6.45) is -10.3. The highest BCUT2D eigenvalue weighted by atomic mass is 35.5. The second kappa shape index (κ2) is 20.1. The van der Waals surface area contributed by atoms with Crippen molar-refractivity contribution >= 4 is 53.0 Å². The maximum atomic E-state index is 14.9. The lowest BCUT2D eigenvalue weighted by Crippen LogP contribution is -2.65. The van der Waals surface area contributed by atoms with Gasteiger partial charge in [-0.1, -0.05) is 37.6 Å². The molecule has 0 spiro atoms. The third kappa shape index (κ3) is 11.9. The van der Waals surface area contributed by atoms with Gasteiger partial charge in [0.15, 0.2) is 5.41 Å². The molecule has 65 heavy (non-hydrogen) atoms. The van der Waals surface area contributed by atoms with Crippen LogP contribution in [0.5, 0.6) is 0 Å². The number of rotatable bonds is 11. The van der Waals surface area contributed by atoms with Gasteiger partial charge in [0.05, 0.1) is 6.54 Å². The van der Waals surface area contributed by atoms with Crippen molar-refractivity contribution in [2.45, 2.75) is 153 Å². The first kappa shape index (κ1) is 51.4. The Morgan fingerprint density at radius 2 is 1.68 bits per heavy atom. The number of benzene rings is 1. The van der Waals surface area contributed by atoms with Crippen molar-refractivity contribution in [2.24, 2.45) is 17.3 Å². The van der Waals surface area contributed by atoms with Crippen LogP contribution in [0.25, 0.3) is 0 Å². The van der Waals surface area contributed by atoms with E-state index in [9.17, 15) is 59.9 Å². The standard InChI is InChI=1S/C44H60ClF6N7O7/c1-7-57-31(19-25-11-10-12-27(45)18-25)36(61)55-41(4,5)39(64)52-16-9-8-13-30(34(59)53-29(37(57)62)17-24(2)3)56(6)38(63)33(26-14-15-26)54-35(60)32-20-28(46)21-58(32)40(65)42(44(49,50)51)22-43(47,48)23-42/h10-12,18,24,26,28-33H,7-9,13-17,19-23H2,1-6H3,(H,52,64)(H,53,59)(H,54,60)(H,55,61)/t28-,29+,30+,31+,32+,33+/m1/s1. The van der Waals surface area contributed by atoms with E-state index in [0.717, 1.165) is 4.90 Å². The Balaban J connectivity index is 1.43. The first-order valence-corrected chi connectivity index (χ1v) is 22.5. The van der Waals surface area contributed by atoms with Crippen molar-refractivity contribution in [2.75, 3.05) is 26.7 Å². The van der Waals surface area contributed by atoms with Crippen LogP contribution in [0.4, 0.5) is 26.3 Å². The number of alkyl halides is 6. The first-order chi connectivity index (χ1) is 30.2. The molecule has 2 heterocycles. The number of nitrogens with one attached hydrogen (secondary N) is 4. The number of nitrogens with zero attached hydrogens (tertiary/aromatic N) is 3. The third-order valence-corrected chi connectivity index (χ3v) is 13.0. The van der Waals surface area contributed by atoms with Crippen LogP contribution < -0.4 is 21.3 Å². The molecule has 14 nitrogen and oxygen atoms in total. The molecule has 21 heteroatoms. The molecule has 2 aliphatic heterocycles. The Morgan fingerprint density at radius 3 is 2.25 bits per heavy atom. The molecule has 2 saturated heterocycles. The monoisotopic (exact) mass is 947 g/mol. The Labute approximate surface area is 379 Å². The summed E-state index contributed by atoms with van der Waals surface area (Å²) in [5.41, 5.74) is -4.31. The Kier molecular flexibility index (Phi) is 15.9. The van der Waals surface area contributed by atoms with E-state index in [-0.39, 0.29) is 44.7 Å². The lowest BCUT2D eigenvalue weighted by atomic mass is 9.64. The predicted octanol–water partition coefficient (Wildman–Crippen LogP) is 4.46. The van der Waals surface area contributed by atoms with Crippen LogP contribution in [0.2, 0.25) is 5.02 Å². The summed E-state index contributed by atoms with van der Waals surface area (Å²) in [6.45, 7) is 7.56. The van der Waals surface area contributed by atoms with Crippen LogP contribution in [0.3, 0.4) is 0 Å². The first-order valence-electron chi connectivity index (χ1n) is 22.1. The Morgan fingerprint density at radius 1 is 1.02 bits per heavy atom. The van der Waals surface area contributed by atoms with Crippen molar-refractivity contribution in [3.63, 3.8) is 0 Å². The molecular weight excluding hydrogens is 888 g/mol. The number of carbonyl (C=O) groups is 7. The highest BCUT2D eigenvalue weighted by Gasteiger charge is 2.75. The molecule has 1 aromatic rings. The van der Waals surface area contributed by atoms with Crippen LogP contribution in [0, 0.1) is 17.3 Å². The minimum Gasteiger partial charge on any atom is -0.354 e. The molecule has 1 aromatic carbocycles. The van der Waals surface area contributed by atoms with E-state index in [4.69, 9.17) is 11.6 Å². The van der Waals surface area contributed by atoms with E-state index in [1.54, 1.807) is 31.2 Å². The average molecular weight is 948 g/mol. The Bertz CT molecular complexity index is 1980. The quantitative estimate of drug-likeness (QED) is 0.237. The Hall–Kier alpha value is -4.62. The number of likely N-dealkylation sites (N-methyl/N-ethyl adjacent to an activating group) is 2. The zero-order valence-electron chi connectivity index (χ0n) is 37.5. The molecule has 0 unspecified atom stereocenters. The maximum absolute atomic E-state index is 14.9. The lowest BCUT2D eigenvalue weighted by molar-refractivity contribution is -0.299. The van der Waals surface area contributed by atoms with Gasteiger partial charge < -0.3 is 36.0 Å². The van der Waals surface area contributed by atoms with Gasteiger partial charge in [-0.15, -0.1) is 0 Å². The highest BCUT2D eigenvalue weighted by Crippen LogP contribution is 2.61. The maximum Gasteiger partial charge on any atom is 0.403 e. The van der Waals surface area contributed by atoms with E-state index in [1.807, 2.05) is 13.8 Å². The number of hydrogen-bond donors (Lipinski definition) is 4. The van der Waals surface area contributed by atoms with Gasteiger partial charge in [0.1, 0.15) is 41.9 Å². The molecule has 0 bridgehead atoms. The van der Waals surface area contributed by atoms with Crippen LogP contribution in [0.15, 0.2) is 24.3 Å². The van der Waals surface area contributed by atoms with Crippen molar-refractivity contribution < 1.29 is 59.9 Å². The largest absolute Gasteiger partial charge is 0.403 e. The van der Waals surface area contributed by atoms with Gasteiger partial charge in [0.2, 0.25) is 41.4 Å². The van der Waals surface area contributed by atoms with Gasteiger partial charge in [-0.3, -0.25) is 33.6 Å². The molecule has 5 rings (SSSR count). The summed E-state index contributed by atoms with van der Waals surface area (Å²) in [4.78, 5) is 101. The summed E-state index contributed by atoms with van der Waals surface area (Å²) >= 11 is 6.28. The zero-order chi connectivity index (χ0) is 48.4. The smallest absolute Gasteiger partial charge is 0.354 e. The molecule has 4 fully saturated rings. The van der Waals surface area contributed by atoms with Crippen LogP contribution in [0.1, 0.15) is 98.0 Å². The SMILES string of the molecule is CCN1C(=O)[C@H](CC(C)C)NC(=O)[C@@H](N(C)C(=O)[C@@H](NC(=O)[C@@H]2C[C@@H](F)CN2C(=O)C2(C(F)(F)F)CC(F)(F)C2)C2CC2)CCCCNC(=O)C(C)(C)NC(=O)[C@@H]1Cc1cccc(Cl)c1. The molecule has 0 aromatic heterocycles. The van der Waals surface area contributed by atoms with Gasteiger partial charge in [-0.25, -0.2) is 13.2 Å². The molecule has 362 valence electrons. The zero-order valence-corrected chi connectivity index (χ0v) is 38.2. The number of halogens is 7.